The minimum absolute atomic E-state index is 0.108. The average Bonchev–Trinajstić information content (AvgIpc) is 3.50. The fourth-order valence-corrected chi connectivity index (χ4v) is 5.38. The first-order chi connectivity index (χ1) is 17.9. The SMILES string of the molecule is C=CCn1c(SCC(=O)Nc2nc(-c3ccccc3)cs2)nnc1[C@H](C)NC(=O)c1ccc(Cl)cc1Cl. The van der Waals surface area contributed by atoms with Crippen LogP contribution in [0.4, 0.5) is 5.13 Å². The van der Waals surface area contributed by atoms with Crippen molar-refractivity contribution in [2.45, 2.75) is 24.7 Å². The fourth-order valence-electron chi connectivity index (χ4n) is 3.40. The van der Waals surface area contributed by atoms with Crippen LogP contribution in [0.1, 0.15) is 29.1 Å². The van der Waals surface area contributed by atoms with Gasteiger partial charge in [-0.05, 0) is 25.1 Å². The summed E-state index contributed by atoms with van der Waals surface area (Å²) in [7, 11) is 0. The molecule has 190 valence electrons. The third kappa shape index (κ3) is 6.78. The number of amides is 2. The second kappa shape index (κ2) is 12.4. The van der Waals surface area contributed by atoms with Gasteiger partial charge in [-0.2, -0.15) is 0 Å². The van der Waals surface area contributed by atoms with E-state index >= 15 is 0 Å². The zero-order chi connectivity index (χ0) is 26.4. The first-order valence-electron chi connectivity index (χ1n) is 11.1. The van der Waals surface area contributed by atoms with Gasteiger partial charge in [0.05, 0.1) is 28.1 Å². The summed E-state index contributed by atoms with van der Waals surface area (Å²) in [5.74, 6) is 0.0479. The Hall–Kier alpha value is -3.18. The molecule has 0 aliphatic carbocycles. The van der Waals surface area contributed by atoms with E-state index in [0.717, 1.165) is 11.3 Å². The molecule has 0 radical (unpaired) electrons. The lowest BCUT2D eigenvalue weighted by atomic mass is 10.2. The highest BCUT2D eigenvalue weighted by Crippen LogP contribution is 2.26. The lowest BCUT2D eigenvalue weighted by molar-refractivity contribution is -0.113. The summed E-state index contributed by atoms with van der Waals surface area (Å²) >= 11 is 14.7. The normalized spacial score (nSPS) is 11.6. The molecule has 4 rings (SSSR count). The van der Waals surface area contributed by atoms with Gasteiger partial charge in [0.1, 0.15) is 0 Å². The lowest BCUT2D eigenvalue weighted by Gasteiger charge is -2.15. The Balaban J connectivity index is 1.39. The summed E-state index contributed by atoms with van der Waals surface area (Å²) in [6, 6.07) is 13.9. The molecule has 0 bridgehead atoms. The van der Waals surface area contributed by atoms with E-state index < -0.39 is 6.04 Å². The Morgan fingerprint density at radius 2 is 1.97 bits per heavy atom. The van der Waals surface area contributed by atoms with E-state index in [1.165, 1.54) is 29.2 Å². The van der Waals surface area contributed by atoms with Crippen LogP contribution in [0.3, 0.4) is 0 Å². The number of anilines is 1. The molecule has 2 aromatic carbocycles. The molecular formula is C25H22Cl2N6O2S2. The van der Waals surface area contributed by atoms with Gasteiger partial charge >= 0.3 is 0 Å². The van der Waals surface area contributed by atoms with Gasteiger partial charge < -0.3 is 15.2 Å². The maximum atomic E-state index is 12.7. The Morgan fingerprint density at radius 3 is 2.70 bits per heavy atom. The maximum absolute atomic E-state index is 12.7. The van der Waals surface area contributed by atoms with E-state index in [9.17, 15) is 9.59 Å². The minimum atomic E-state index is -0.485. The lowest BCUT2D eigenvalue weighted by Crippen LogP contribution is -2.29. The average molecular weight is 574 g/mol. The largest absolute Gasteiger partial charge is 0.342 e. The molecule has 0 unspecified atom stereocenters. The number of aromatic nitrogens is 4. The van der Waals surface area contributed by atoms with E-state index in [1.54, 1.807) is 29.7 Å². The number of nitrogens with one attached hydrogen (secondary N) is 2. The molecule has 2 aromatic heterocycles. The van der Waals surface area contributed by atoms with E-state index in [1.807, 2.05) is 35.7 Å². The first-order valence-corrected chi connectivity index (χ1v) is 13.7. The fraction of sp³-hybridized carbons (Fsp3) is 0.160. The van der Waals surface area contributed by atoms with E-state index in [-0.39, 0.29) is 22.6 Å². The van der Waals surface area contributed by atoms with Crippen molar-refractivity contribution in [2.24, 2.45) is 0 Å². The topological polar surface area (TPSA) is 102 Å². The molecule has 12 heteroatoms. The minimum Gasteiger partial charge on any atom is -0.342 e. The Morgan fingerprint density at radius 1 is 1.19 bits per heavy atom. The highest BCUT2D eigenvalue weighted by atomic mass is 35.5. The van der Waals surface area contributed by atoms with Crippen LogP contribution in [0.5, 0.6) is 0 Å². The van der Waals surface area contributed by atoms with Crippen molar-refractivity contribution in [1.82, 2.24) is 25.1 Å². The second-order valence-corrected chi connectivity index (χ2v) is 10.4. The number of thiazole rings is 1. The monoisotopic (exact) mass is 572 g/mol. The van der Waals surface area contributed by atoms with Crippen molar-refractivity contribution in [2.75, 3.05) is 11.1 Å². The van der Waals surface area contributed by atoms with Gasteiger partial charge in [-0.25, -0.2) is 4.98 Å². The summed E-state index contributed by atoms with van der Waals surface area (Å²) in [5.41, 5.74) is 2.09. The van der Waals surface area contributed by atoms with Crippen LogP contribution >= 0.6 is 46.3 Å². The van der Waals surface area contributed by atoms with Gasteiger partial charge in [0.2, 0.25) is 5.91 Å². The highest BCUT2D eigenvalue weighted by molar-refractivity contribution is 7.99. The predicted molar refractivity (Wildman–Crippen MR) is 149 cm³/mol. The van der Waals surface area contributed by atoms with Crippen LogP contribution in [0, 0.1) is 0 Å². The summed E-state index contributed by atoms with van der Waals surface area (Å²) in [4.78, 5) is 29.8. The van der Waals surface area contributed by atoms with Crippen molar-refractivity contribution in [3.8, 4) is 11.3 Å². The third-order valence-corrected chi connectivity index (χ3v) is 7.39. The van der Waals surface area contributed by atoms with E-state index in [0.29, 0.717) is 33.2 Å². The van der Waals surface area contributed by atoms with Crippen LogP contribution in [-0.2, 0) is 11.3 Å². The molecule has 0 saturated heterocycles. The molecule has 37 heavy (non-hydrogen) atoms. The number of benzene rings is 2. The molecule has 0 saturated carbocycles. The van der Waals surface area contributed by atoms with Crippen molar-refractivity contribution in [3.05, 3.63) is 88.0 Å². The molecule has 2 N–H and O–H groups in total. The number of halogens is 2. The van der Waals surface area contributed by atoms with Crippen LogP contribution in [-0.4, -0.2) is 37.3 Å². The van der Waals surface area contributed by atoms with Crippen molar-refractivity contribution < 1.29 is 9.59 Å². The number of rotatable bonds is 10. The number of hydrogen-bond donors (Lipinski definition) is 2. The van der Waals surface area contributed by atoms with Gasteiger partial charge in [-0.3, -0.25) is 9.59 Å². The van der Waals surface area contributed by atoms with Crippen LogP contribution in [0.2, 0.25) is 10.0 Å². The number of nitrogens with zero attached hydrogens (tertiary/aromatic N) is 4. The standard InChI is InChI=1S/C25H22Cl2N6O2S2/c1-3-11-33-22(15(2)28-23(35)18-10-9-17(26)12-19(18)27)31-32-25(33)37-14-21(34)30-24-29-20(13-36-24)16-7-5-4-6-8-16/h3-10,12-13,15H,1,11,14H2,2H3,(H,28,35)(H,29,30,34)/t15-/m0/s1. The molecule has 0 fully saturated rings. The molecule has 4 aromatic rings. The number of hydrogen-bond acceptors (Lipinski definition) is 7. The molecule has 8 nitrogen and oxygen atoms in total. The predicted octanol–water partition coefficient (Wildman–Crippen LogP) is 6.12. The summed E-state index contributed by atoms with van der Waals surface area (Å²) in [5, 5.41) is 17.8. The second-order valence-electron chi connectivity index (χ2n) is 7.80. The molecule has 0 spiro atoms. The smallest absolute Gasteiger partial charge is 0.253 e. The summed E-state index contributed by atoms with van der Waals surface area (Å²) in [6.45, 7) is 5.99. The van der Waals surface area contributed by atoms with Crippen molar-refractivity contribution in [1.29, 1.82) is 0 Å². The number of carbonyl (C=O) groups is 2. The first kappa shape index (κ1) is 26.9. The van der Waals surface area contributed by atoms with Crippen molar-refractivity contribution >= 4 is 63.2 Å². The number of carbonyl (C=O) groups excluding carboxylic acids is 2. The summed E-state index contributed by atoms with van der Waals surface area (Å²) < 4.78 is 1.80. The van der Waals surface area contributed by atoms with Crippen LogP contribution in [0.15, 0.2) is 71.7 Å². The Labute approximate surface area is 232 Å². The van der Waals surface area contributed by atoms with Gasteiger partial charge in [0.15, 0.2) is 16.1 Å². The molecule has 1 atom stereocenters. The molecule has 2 amide bonds. The Kier molecular flexibility index (Phi) is 8.99. The highest BCUT2D eigenvalue weighted by Gasteiger charge is 2.21. The van der Waals surface area contributed by atoms with Gasteiger partial charge in [0, 0.05) is 22.5 Å². The number of allylic oxidation sites excluding steroid dienone is 1. The van der Waals surface area contributed by atoms with Gasteiger partial charge in [0.25, 0.3) is 5.91 Å². The van der Waals surface area contributed by atoms with Gasteiger partial charge in [-0.1, -0.05) is 71.4 Å². The maximum Gasteiger partial charge on any atom is 0.253 e. The molecular weight excluding hydrogens is 551 g/mol. The Bertz CT molecular complexity index is 1420. The molecule has 0 aliphatic heterocycles. The third-order valence-electron chi connectivity index (χ3n) is 5.12. The molecule has 2 heterocycles. The zero-order valence-electron chi connectivity index (χ0n) is 19.6. The quantitative estimate of drug-likeness (QED) is 0.175. The van der Waals surface area contributed by atoms with E-state index in [4.69, 9.17) is 23.2 Å². The zero-order valence-corrected chi connectivity index (χ0v) is 22.8. The van der Waals surface area contributed by atoms with Crippen molar-refractivity contribution in [3.63, 3.8) is 0 Å². The number of thioether (sulfide) groups is 1. The summed E-state index contributed by atoms with van der Waals surface area (Å²) in [6.07, 6.45) is 1.70. The molecule has 0 aliphatic rings. The van der Waals surface area contributed by atoms with Gasteiger partial charge in [-0.15, -0.1) is 28.1 Å². The van der Waals surface area contributed by atoms with E-state index in [2.05, 4.69) is 32.4 Å². The van der Waals surface area contributed by atoms with Crippen LogP contribution < -0.4 is 10.6 Å². The van der Waals surface area contributed by atoms with Crippen LogP contribution in [0.25, 0.3) is 11.3 Å².